The fraction of sp³-hybridized carbons (Fsp3) is 0.545. The number of aromatic nitrogens is 2. The molecule has 0 amide bonds. The van der Waals surface area contributed by atoms with Crippen molar-refractivity contribution in [3.8, 4) is 0 Å². The molecule has 3 N–H and O–H groups in total. The monoisotopic (exact) mass is 270 g/mol. The second-order valence-electron chi connectivity index (χ2n) is 3.50. The van der Waals surface area contributed by atoms with Crippen molar-refractivity contribution in [2.75, 3.05) is 17.8 Å². The van der Waals surface area contributed by atoms with Gasteiger partial charge in [-0.3, -0.25) is 4.79 Å². The molecular weight excluding hydrogens is 252 g/mol. The molecule has 6 nitrogen and oxygen atoms in total. The zero-order valence-corrected chi connectivity index (χ0v) is 11.4. The number of aryl methyl sites for hydroxylation is 1. The number of rotatable bonds is 7. The van der Waals surface area contributed by atoms with E-state index in [1.165, 1.54) is 11.8 Å². The molecule has 7 heteroatoms. The van der Waals surface area contributed by atoms with Gasteiger partial charge < -0.3 is 10.2 Å². The normalized spacial score (nSPS) is 10.2. The molecule has 1 heterocycles. The minimum Gasteiger partial charge on any atom is -0.465 e. The van der Waals surface area contributed by atoms with Crippen LogP contribution in [0.3, 0.4) is 0 Å². The Balaban J connectivity index is 2.68. The van der Waals surface area contributed by atoms with Crippen molar-refractivity contribution < 1.29 is 9.53 Å². The van der Waals surface area contributed by atoms with Crippen LogP contribution in [0.25, 0.3) is 0 Å². The van der Waals surface area contributed by atoms with Gasteiger partial charge in [-0.2, -0.15) is 0 Å². The number of nitrogens with one attached hydrogen (secondary N) is 1. The van der Waals surface area contributed by atoms with E-state index in [1.807, 2.05) is 0 Å². The van der Waals surface area contributed by atoms with Crippen LogP contribution in [0.4, 0.5) is 5.82 Å². The quantitative estimate of drug-likeness (QED) is 0.254. The summed E-state index contributed by atoms with van der Waals surface area (Å²) in [6.45, 7) is 4.22. The predicted octanol–water partition coefficient (Wildman–Crippen LogP) is 1.37. The number of nitrogen functional groups attached to an aromatic ring is 1. The van der Waals surface area contributed by atoms with Gasteiger partial charge >= 0.3 is 5.97 Å². The molecule has 0 saturated heterocycles. The lowest BCUT2D eigenvalue weighted by Gasteiger charge is -2.06. The molecule has 0 saturated carbocycles. The summed E-state index contributed by atoms with van der Waals surface area (Å²) >= 11 is 1.32. The second-order valence-corrected chi connectivity index (χ2v) is 4.49. The third-order valence-electron chi connectivity index (χ3n) is 2.01. The number of hydrogen-bond donors (Lipinski definition) is 2. The highest BCUT2D eigenvalue weighted by atomic mass is 32.2. The largest absolute Gasteiger partial charge is 0.465 e. The van der Waals surface area contributed by atoms with E-state index in [0.29, 0.717) is 12.4 Å². The average molecular weight is 270 g/mol. The van der Waals surface area contributed by atoms with Crippen molar-refractivity contribution in [3.05, 3.63) is 11.9 Å². The Kier molecular flexibility index (Phi) is 6.45. The van der Waals surface area contributed by atoms with Crippen molar-refractivity contribution in [2.24, 2.45) is 5.84 Å². The summed E-state index contributed by atoms with van der Waals surface area (Å²) in [5.74, 6) is 6.61. The number of thioether (sulfide) groups is 1. The van der Waals surface area contributed by atoms with Crippen LogP contribution in [0.1, 0.15) is 26.1 Å². The number of anilines is 1. The number of ether oxygens (including phenoxy) is 1. The summed E-state index contributed by atoms with van der Waals surface area (Å²) in [5, 5.41) is 0.717. The maximum atomic E-state index is 11.3. The summed E-state index contributed by atoms with van der Waals surface area (Å²) in [7, 11) is 0. The molecule has 1 aromatic heterocycles. The van der Waals surface area contributed by atoms with Crippen molar-refractivity contribution in [2.45, 2.75) is 31.7 Å². The second kappa shape index (κ2) is 7.88. The van der Waals surface area contributed by atoms with Crippen molar-refractivity contribution >= 4 is 23.5 Å². The minimum atomic E-state index is -0.250. The first kappa shape index (κ1) is 14.7. The molecule has 1 aromatic rings. The van der Waals surface area contributed by atoms with Gasteiger partial charge in [0, 0.05) is 12.5 Å². The zero-order valence-electron chi connectivity index (χ0n) is 10.6. The average Bonchev–Trinajstić information content (AvgIpc) is 2.37. The molecule has 0 aliphatic heterocycles. The Morgan fingerprint density at radius 1 is 1.50 bits per heavy atom. The van der Waals surface area contributed by atoms with Crippen LogP contribution in [0.5, 0.6) is 0 Å². The van der Waals surface area contributed by atoms with E-state index < -0.39 is 0 Å². The van der Waals surface area contributed by atoms with Crippen LogP contribution < -0.4 is 11.3 Å². The number of carbonyl (C=O) groups is 1. The minimum absolute atomic E-state index is 0.237. The maximum Gasteiger partial charge on any atom is 0.316 e. The number of hydrogen-bond acceptors (Lipinski definition) is 7. The summed E-state index contributed by atoms with van der Waals surface area (Å²) < 4.78 is 4.85. The van der Waals surface area contributed by atoms with E-state index in [4.69, 9.17) is 10.6 Å². The van der Waals surface area contributed by atoms with Gasteiger partial charge in [0.2, 0.25) is 0 Å². The lowest BCUT2D eigenvalue weighted by Crippen LogP contribution is -2.11. The Morgan fingerprint density at radius 3 is 2.89 bits per heavy atom. The Bertz CT molecular complexity index is 401. The van der Waals surface area contributed by atoms with Gasteiger partial charge in [0.1, 0.15) is 16.7 Å². The Hall–Kier alpha value is -1.34. The smallest absolute Gasteiger partial charge is 0.316 e. The maximum absolute atomic E-state index is 11.3. The van der Waals surface area contributed by atoms with Gasteiger partial charge in [-0.05, 0) is 13.3 Å². The first-order chi connectivity index (χ1) is 8.69. The molecule has 0 spiro atoms. The molecule has 0 aromatic carbocycles. The van der Waals surface area contributed by atoms with Crippen LogP contribution in [-0.2, 0) is 16.0 Å². The molecule has 18 heavy (non-hydrogen) atoms. The fourth-order valence-electron chi connectivity index (χ4n) is 1.29. The number of nitrogens with zero attached hydrogens (tertiary/aromatic N) is 2. The zero-order chi connectivity index (χ0) is 13.4. The predicted molar refractivity (Wildman–Crippen MR) is 71.2 cm³/mol. The van der Waals surface area contributed by atoms with E-state index in [9.17, 15) is 4.79 Å². The number of nitrogens with two attached hydrogens (primary N) is 1. The first-order valence-corrected chi connectivity index (χ1v) is 6.81. The summed E-state index contributed by atoms with van der Waals surface area (Å²) in [6.07, 6.45) is 1.73. The van der Waals surface area contributed by atoms with Gasteiger partial charge in [0.05, 0.1) is 12.4 Å². The Morgan fingerprint density at radius 2 is 2.28 bits per heavy atom. The standard InChI is InChI=1S/C11H18N4O2S/c1-3-5-8-13-9(15-12)6-10(14-8)18-7-11(16)17-4-2/h6H,3-5,7,12H2,1-2H3,(H,13,14,15). The topological polar surface area (TPSA) is 90.1 Å². The van der Waals surface area contributed by atoms with Crippen LogP contribution in [0, 0.1) is 0 Å². The molecule has 100 valence electrons. The third kappa shape index (κ3) is 4.89. The highest BCUT2D eigenvalue weighted by Gasteiger charge is 2.07. The van der Waals surface area contributed by atoms with Crippen molar-refractivity contribution in [3.63, 3.8) is 0 Å². The van der Waals surface area contributed by atoms with Gasteiger partial charge in [-0.25, -0.2) is 15.8 Å². The van der Waals surface area contributed by atoms with Crippen molar-refractivity contribution in [1.29, 1.82) is 0 Å². The number of carbonyl (C=O) groups excluding carboxylic acids is 1. The summed E-state index contributed by atoms with van der Waals surface area (Å²) in [5.41, 5.74) is 2.50. The first-order valence-electron chi connectivity index (χ1n) is 5.82. The van der Waals surface area contributed by atoms with Gasteiger partial charge in [-0.1, -0.05) is 18.7 Å². The molecule has 0 atom stereocenters. The Labute approximate surface area is 111 Å². The molecule has 0 bridgehead atoms. The third-order valence-corrected chi connectivity index (χ3v) is 2.90. The number of hydrazine groups is 1. The van der Waals surface area contributed by atoms with Gasteiger partial charge in [0.25, 0.3) is 0 Å². The van der Waals surface area contributed by atoms with E-state index in [-0.39, 0.29) is 11.7 Å². The van der Waals surface area contributed by atoms with Crippen LogP contribution in [0.2, 0.25) is 0 Å². The molecule has 0 aliphatic carbocycles. The fourth-order valence-corrected chi connectivity index (χ4v) is 2.01. The molecule has 0 fully saturated rings. The van der Waals surface area contributed by atoms with Crippen LogP contribution in [-0.4, -0.2) is 28.3 Å². The lowest BCUT2D eigenvalue weighted by molar-refractivity contribution is -0.139. The summed E-state index contributed by atoms with van der Waals surface area (Å²) in [4.78, 5) is 19.8. The SMILES string of the molecule is CCCc1nc(NN)cc(SCC(=O)OCC)n1. The molecular formula is C11H18N4O2S. The lowest BCUT2D eigenvalue weighted by atomic mass is 10.3. The molecule has 0 aliphatic rings. The van der Waals surface area contributed by atoms with E-state index >= 15 is 0 Å². The molecule has 0 unspecified atom stereocenters. The van der Waals surface area contributed by atoms with E-state index in [1.54, 1.807) is 13.0 Å². The van der Waals surface area contributed by atoms with Crippen LogP contribution in [0.15, 0.2) is 11.1 Å². The number of esters is 1. The van der Waals surface area contributed by atoms with E-state index in [2.05, 4.69) is 22.3 Å². The van der Waals surface area contributed by atoms with E-state index in [0.717, 1.165) is 23.7 Å². The van der Waals surface area contributed by atoms with Crippen LogP contribution >= 0.6 is 11.8 Å². The molecule has 0 radical (unpaired) electrons. The van der Waals surface area contributed by atoms with Gasteiger partial charge in [0.15, 0.2) is 0 Å². The van der Waals surface area contributed by atoms with Crippen molar-refractivity contribution in [1.82, 2.24) is 9.97 Å². The summed E-state index contributed by atoms with van der Waals surface area (Å²) in [6, 6.07) is 1.71. The van der Waals surface area contributed by atoms with Gasteiger partial charge in [-0.15, -0.1) is 0 Å². The highest BCUT2D eigenvalue weighted by molar-refractivity contribution is 7.99. The molecule has 1 rings (SSSR count). The highest BCUT2D eigenvalue weighted by Crippen LogP contribution is 2.19.